The number of hydrogen-bond donors (Lipinski definition) is 3. The first-order valence-corrected chi connectivity index (χ1v) is 8.18. The lowest BCUT2D eigenvalue weighted by molar-refractivity contribution is -0.120. The smallest absolute Gasteiger partial charge is 0.238 e. The van der Waals surface area contributed by atoms with Crippen LogP contribution in [0.1, 0.15) is 12.0 Å². The molecule has 116 valence electrons. The molecule has 0 radical (unpaired) electrons. The molecule has 0 atom stereocenters. The Kier molecular flexibility index (Phi) is 7.07. The Balaban J connectivity index is 2.29. The van der Waals surface area contributed by atoms with Gasteiger partial charge in [-0.3, -0.25) is 4.79 Å². The number of sulfonamides is 1. The number of benzene rings is 1. The van der Waals surface area contributed by atoms with Gasteiger partial charge in [0.05, 0.1) is 4.90 Å². The largest absolute Gasteiger partial charge is 0.356 e. The van der Waals surface area contributed by atoms with E-state index in [0.717, 1.165) is 5.56 Å². The Morgan fingerprint density at radius 3 is 2.48 bits per heavy atom. The first-order valence-electron chi connectivity index (χ1n) is 6.63. The molecule has 0 aromatic heterocycles. The zero-order chi connectivity index (χ0) is 15.7. The minimum atomic E-state index is -3.65. The van der Waals surface area contributed by atoms with Gasteiger partial charge in [-0.05, 0) is 24.1 Å². The predicted octanol–water partition coefficient (Wildman–Crippen LogP) is 0.158. The molecule has 0 saturated carbocycles. The fraction of sp³-hybridized carbons (Fsp3) is 0.357. The van der Waals surface area contributed by atoms with Crippen molar-refractivity contribution in [3.05, 3.63) is 42.5 Å². The maximum absolute atomic E-state index is 11.5. The molecule has 1 rings (SSSR count). The summed E-state index contributed by atoms with van der Waals surface area (Å²) >= 11 is 0. The molecule has 4 N–H and O–H groups in total. The molecule has 0 spiro atoms. The molecule has 0 aliphatic rings. The predicted molar refractivity (Wildman–Crippen MR) is 82.2 cm³/mol. The molecule has 6 nitrogen and oxygen atoms in total. The van der Waals surface area contributed by atoms with Gasteiger partial charge in [0.25, 0.3) is 0 Å². The Morgan fingerprint density at radius 2 is 1.90 bits per heavy atom. The highest BCUT2D eigenvalue weighted by atomic mass is 32.2. The van der Waals surface area contributed by atoms with E-state index in [0.29, 0.717) is 32.5 Å². The van der Waals surface area contributed by atoms with Crippen molar-refractivity contribution < 1.29 is 13.2 Å². The van der Waals surface area contributed by atoms with Crippen molar-refractivity contribution in [1.82, 2.24) is 10.6 Å². The van der Waals surface area contributed by atoms with Gasteiger partial charge in [-0.1, -0.05) is 18.2 Å². The normalized spacial score (nSPS) is 11.1. The molecular formula is C14H21N3O3S. The van der Waals surface area contributed by atoms with Gasteiger partial charge in [0.15, 0.2) is 0 Å². The molecule has 0 aliphatic heterocycles. The molecule has 0 unspecified atom stereocenters. The quantitative estimate of drug-likeness (QED) is 0.446. The van der Waals surface area contributed by atoms with E-state index in [9.17, 15) is 13.2 Å². The van der Waals surface area contributed by atoms with E-state index in [-0.39, 0.29) is 10.8 Å². The average Bonchev–Trinajstić information content (AvgIpc) is 2.43. The van der Waals surface area contributed by atoms with E-state index < -0.39 is 10.0 Å². The number of amides is 1. The van der Waals surface area contributed by atoms with Crippen LogP contribution < -0.4 is 15.8 Å². The second kappa shape index (κ2) is 8.56. The van der Waals surface area contributed by atoms with Crippen LogP contribution in [0, 0.1) is 0 Å². The number of carbonyl (C=O) groups is 1. The number of rotatable bonds is 9. The van der Waals surface area contributed by atoms with Crippen molar-refractivity contribution in [1.29, 1.82) is 0 Å². The molecular weight excluding hydrogens is 290 g/mol. The fourth-order valence-corrected chi connectivity index (χ4v) is 2.20. The standard InChI is InChI=1S/C14H21N3O3S/c1-2-9-16-10-8-14(18)17-11-7-12-3-5-13(6-4-12)21(15,19)20/h2-6,16H,1,7-11H2,(H,17,18)(H2,15,19,20). The van der Waals surface area contributed by atoms with Crippen molar-refractivity contribution in [3.63, 3.8) is 0 Å². The molecule has 21 heavy (non-hydrogen) atoms. The third-order valence-corrected chi connectivity index (χ3v) is 3.73. The Morgan fingerprint density at radius 1 is 1.24 bits per heavy atom. The van der Waals surface area contributed by atoms with Gasteiger partial charge in [-0.15, -0.1) is 6.58 Å². The van der Waals surface area contributed by atoms with Crippen molar-refractivity contribution in [2.24, 2.45) is 5.14 Å². The maximum Gasteiger partial charge on any atom is 0.238 e. The minimum absolute atomic E-state index is 0.0206. The Bertz CT molecular complexity index is 568. The summed E-state index contributed by atoms with van der Waals surface area (Å²) in [5.74, 6) is -0.0206. The third kappa shape index (κ3) is 7.03. The van der Waals surface area contributed by atoms with E-state index in [2.05, 4.69) is 17.2 Å². The molecule has 1 aromatic rings. The summed E-state index contributed by atoms with van der Waals surface area (Å²) in [6.07, 6.45) is 2.79. The molecule has 0 fully saturated rings. The minimum Gasteiger partial charge on any atom is -0.356 e. The summed E-state index contributed by atoms with van der Waals surface area (Å²) < 4.78 is 22.2. The van der Waals surface area contributed by atoms with E-state index in [1.165, 1.54) is 12.1 Å². The Hall–Kier alpha value is -1.70. The number of carbonyl (C=O) groups excluding carboxylic acids is 1. The summed E-state index contributed by atoms with van der Waals surface area (Å²) in [5, 5.41) is 10.9. The molecule has 7 heteroatoms. The van der Waals surface area contributed by atoms with Gasteiger partial charge in [0, 0.05) is 26.1 Å². The van der Waals surface area contributed by atoms with Crippen LogP contribution in [0.15, 0.2) is 41.8 Å². The van der Waals surface area contributed by atoms with Gasteiger partial charge in [0.1, 0.15) is 0 Å². The molecule has 0 saturated heterocycles. The lowest BCUT2D eigenvalue weighted by Crippen LogP contribution is -2.29. The first-order chi connectivity index (χ1) is 9.93. The highest BCUT2D eigenvalue weighted by Crippen LogP contribution is 2.08. The van der Waals surface area contributed by atoms with E-state index >= 15 is 0 Å². The second-order valence-corrected chi connectivity index (χ2v) is 6.09. The lowest BCUT2D eigenvalue weighted by atomic mass is 10.1. The summed E-state index contributed by atoms with van der Waals surface area (Å²) in [6.45, 7) is 5.38. The van der Waals surface area contributed by atoms with Crippen LogP contribution in [0.4, 0.5) is 0 Å². The fourth-order valence-electron chi connectivity index (χ4n) is 1.69. The van der Waals surface area contributed by atoms with Crippen LogP contribution >= 0.6 is 0 Å². The van der Waals surface area contributed by atoms with Crippen molar-refractivity contribution in [3.8, 4) is 0 Å². The molecule has 0 heterocycles. The maximum atomic E-state index is 11.5. The van der Waals surface area contributed by atoms with E-state index in [1.807, 2.05) is 0 Å². The van der Waals surface area contributed by atoms with E-state index in [1.54, 1.807) is 18.2 Å². The molecule has 0 bridgehead atoms. The number of primary sulfonamides is 1. The Labute approximate surface area is 125 Å². The van der Waals surface area contributed by atoms with Crippen LogP contribution in [0.25, 0.3) is 0 Å². The molecule has 1 amide bonds. The van der Waals surface area contributed by atoms with Gasteiger partial charge in [0.2, 0.25) is 15.9 Å². The van der Waals surface area contributed by atoms with Gasteiger partial charge in [-0.25, -0.2) is 13.6 Å². The average molecular weight is 311 g/mol. The van der Waals surface area contributed by atoms with Gasteiger partial charge in [-0.2, -0.15) is 0 Å². The van der Waals surface area contributed by atoms with Crippen LogP contribution in [0.3, 0.4) is 0 Å². The second-order valence-electron chi connectivity index (χ2n) is 4.53. The summed E-state index contributed by atoms with van der Waals surface area (Å²) in [5.41, 5.74) is 0.937. The lowest BCUT2D eigenvalue weighted by Gasteiger charge is -2.06. The van der Waals surface area contributed by atoms with Gasteiger partial charge >= 0.3 is 0 Å². The van der Waals surface area contributed by atoms with Gasteiger partial charge < -0.3 is 10.6 Å². The first kappa shape index (κ1) is 17.4. The summed E-state index contributed by atoms with van der Waals surface area (Å²) in [7, 11) is -3.65. The SMILES string of the molecule is C=CCNCCC(=O)NCCc1ccc(S(N)(=O)=O)cc1. The monoisotopic (exact) mass is 311 g/mol. The highest BCUT2D eigenvalue weighted by Gasteiger charge is 2.06. The third-order valence-electron chi connectivity index (χ3n) is 2.81. The summed E-state index contributed by atoms with van der Waals surface area (Å²) in [6, 6.07) is 6.31. The zero-order valence-electron chi connectivity index (χ0n) is 11.8. The van der Waals surface area contributed by atoms with Crippen molar-refractivity contribution >= 4 is 15.9 Å². The van der Waals surface area contributed by atoms with E-state index in [4.69, 9.17) is 5.14 Å². The number of hydrogen-bond acceptors (Lipinski definition) is 4. The van der Waals surface area contributed by atoms with Crippen LogP contribution in [0.2, 0.25) is 0 Å². The zero-order valence-corrected chi connectivity index (χ0v) is 12.7. The molecule has 1 aromatic carbocycles. The summed E-state index contributed by atoms with van der Waals surface area (Å²) in [4.78, 5) is 11.6. The van der Waals surface area contributed by atoms with Crippen LogP contribution in [-0.4, -0.2) is 34.0 Å². The highest BCUT2D eigenvalue weighted by molar-refractivity contribution is 7.89. The van der Waals surface area contributed by atoms with Crippen molar-refractivity contribution in [2.45, 2.75) is 17.7 Å². The van der Waals surface area contributed by atoms with Crippen LogP contribution in [-0.2, 0) is 21.2 Å². The topological polar surface area (TPSA) is 101 Å². The van der Waals surface area contributed by atoms with Crippen LogP contribution in [0.5, 0.6) is 0 Å². The number of nitrogens with two attached hydrogens (primary N) is 1. The van der Waals surface area contributed by atoms with Crippen molar-refractivity contribution in [2.75, 3.05) is 19.6 Å². The molecule has 0 aliphatic carbocycles. The number of nitrogens with one attached hydrogen (secondary N) is 2.